The highest BCUT2D eigenvalue weighted by Gasteiger charge is 2.33. The molecule has 9 nitrogen and oxygen atoms in total. The highest BCUT2D eigenvalue weighted by atomic mass is 79.9. The van der Waals surface area contributed by atoms with E-state index < -0.39 is 10.0 Å². The van der Waals surface area contributed by atoms with Gasteiger partial charge in [0.1, 0.15) is 10.4 Å². The normalized spacial score (nSPS) is 16.3. The summed E-state index contributed by atoms with van der Waals surface area (Å²) in [5.41, 5.74) is 0.578. The Morgan fingerprint density at radius 2 is 1.85 bits per heavy atom. The Kier molecular flexibility index (Phi) is 4.29. The molecule has 2 aromatic heterocycles. The summed E-state index contributed by atoms with van der Waals surface area (Å²) in [5.74, 6) is -0.0535. The van der Waals surface area contributed by atoms with Crippen LogP contribution in [0.3, 0.4) is 0 Å². The molecule has 1 saturated heterocycles. The van der Waals surface area contributed by atoms with Gasteiger partial charge in [0.2, 0.25) is 10.0 Å². The second-order valence-electron chi connectivity index (χ2n) is 5.69. The van der Waals surface area contributed by atoms with Gasteiger partial charge in [0.05, 0.1) is 0 Å². The number of benzene rings is 1. The van der Waals surface area contributed by atoms with Crippen molar-refractivity contribution in [2.45, 2.75) is 4.90 Å². The molecule has 136 valence electrons. The van der Waals surface area contributed by atoms with Crippen LogP contribution in [0.5, 0.6) is 0 Å². The molecule has 3 aromatic rings. The second kappa shape index (κ2) is 6.49. The van der Waals surface area contributed by atoms with Crippen LogP contribution in [0.25, 0.3) is 11.0 Å². The molecule has 11 heteroatoms. The molecule has 3 heterocycles. The van der Waals surface area contributed by atoms with Gasteiger partial charge in [0.15, 0.2) is 15.9 Å². The zero-order valence-electron chi connectivity index (χ0n) is 13.3. The van der Waals surface area contributed by atoms with Gasteiger partial charge >= 0.3 is 0 Å². The number of furan rings is 1. The third-order valence-corrected chi connectivity index (χ3v) is 6.53. The first kappa shape index (κ1) is 17.2. The fourth-order valence-corrected chi connectivity index (χ4v) is 4.71. The first-order valence-corrected chi connectivity index (χ1v) is 9.96. The van der Waals surface area contributed by atoms with E-state index in [1.807, 2.05) is 0 Å². The topological polar surface area (TPSA) is 110 Å². The third kappa shape index (κ3) is 2.91. The van der Waals surface area contributed by atoms with Gasteiger partial charge in [-0.15, -0.1) is 0 Å². The Hall–Kier alpha value is -2.24. The summed E-state index contributed by atoms with van der Waals surface area (Å²) >= 11 is 3.16. The fraction of sp³-hybridized carbons (Fsp3) is 0.267. The molecule has 1 aromatic carbocycles. The standard InChI is InChI=1S/C15H13BrN4O5S/c16-13-5-4-11(24-13)15(21)19-6-8-20(9-7-19)26(22,23)12-3-1-2-10-14(12)18-25-17-10/h1-5H,6-9H2. The summed E-state index contributed by atoms with van der Waals surface area (Å²) in [6, 6.07) is 7.91. The van der Waals surface area contributed by atoms with E-state index in [9.17, 15) is 13.2 Å². The van der Waals surface area contributed by atoms with Crippen LogP contribution in [-0.2, 0) is 10.0 Å². The zero-order valence-corrected chi connectivity index (χ0v) is 15.7. The molecule has 0 bridgehead atoms. The van der Waals surface area contributed by atoms with E-state index in [0.29, 0.717) is 10.2 Å². The van der Waals surface area contributed by atoms with E-state index in [1.54, 1.807) is 29.2 Å². The number of hydrogen-bond acceptors (Lipinski definition) is 7. The number of aromatic nitrogens is 2. The average Bonchev–Trinajstić information content (AvgIpc) is 3.29. The highest BCUT2D eigenvalue weighted by molar-refractivity contribution is 9.10. The zero-order chi connectivity index (χ0) is 18.3. The van der Waals surface area contributed by atoms with Crippen molar-refractivity contribution in [2.75, 3.05) is 26.2 Å². The van der Waals surface area contributed by atoms with Gasteiger partial charge in [-0.2, -0.15) is 4.31 Å². The van der Waals surface area contributed by atoms with Crippen molar-refractivity contribution in [1.82, 2.24) is 19.5 Å². The van der Waals surface area contributed by atoms with Gasteiger partial charge < -0.3 is 9.32 Å². The van der Waals surface area contributed by atoms with Crippen molar-refractivity contribution < 1.29 is 22.3 Å². The van der Waals surface area contributed by atoms with E-state index in [0.717, 1.165) is 0 Å². The number of rotatable bonds is 3. The summed E-state index contributed by atoms with van der Waals surface area (Å²) in [5, 5.41) is 7.36. The lowest BCUT2D eigenvalue weighted by molar-refractivity contribution is 0.0664. The number of piperazine rings is 1. The molecule has 1 fully saturated rings. The lowest BCUT2D eigenvalue weighted by Gasteiger charge is -2.33. The molecule has 0 saturated carbocycles. The van der Waals surface area contributed by atoms with Crippen molar-refractivity contribution >= 4 is 42.9 Å². The third-order valence-electron chi connectivity index (χ3n) is 4.18. The quantitative estimate of drug-likeness (QED) is 0.609. The average molecular weight is 441 g/mol. The van der Waals surface area contributed by atoms with Gasteiger partial charge in [-0.3, -0.25) is 4.79 Å². The first-order valence-electron chi connectivity index (χ1n) is 7.73. The molecule has 0 unspecified atom stereocenters. The van der Waals surface area contributed by atoms with Gasteiger partial charge in [-0.25, -0.2) is 13.0 Å². The summed E-state index contributed by atoms with van der Waals surface area (Å²) in [6.07, 6.45) is 0. The number of halogens is 1. The van der Waals surface area contributed by atoms with Crippen molar-refractivity contribution in [2.24, 2.45) is 0 Å². The number of carbonyl (C=O) groups is 1. The van der Waals surface area contributed by atoms with Crippen LogP contribution in [0.4, 0.5) is 0 Å². The minimum atomic E-state index is -3.77. The van der Waals surface area contributed by atoms with E-state index in [1.165, 1.54) is 10.4 Å². The summed E-state index contributed by atoms with van der Waals surface area (Å²) in [7, 11) is -3.77. The number of hydrogen-bond donors (Lipinski definition) is 0. The van der Waals surface area contributed by atoms with Gasteiger partial charge in [-0.05, 0) is 50.5 Å². The van der Waals surface area contributed by atoms with Crippen LogP contribution in [0.15, 0.2) is 48.9 Å². The minimum absolute atomic E-state index is 0.0472. The maximum absolute atomic E-state index is 12.9. The number of amides is 1. The van der Waals surface area contributed by atoms with Crippen molar-refractivity contribution in [1.29, 1.82) is 0 Å². The molecule has 0 spiro atoms. The highest BCUT2D eigenvalue weighted by Crippen LogP contribution is 2.25. The predicted molar refractivity (Wildman–Crippen MR) is 92.9 cm³/mol. The molecule has 0 N–H and O–H groups in total. The Bertz CT molecular complexity index is 1070. The molecule has 26 heavy (non-hydrogen) atoms. The predicted octanol–water partition coefficient (Wildman–Crippen LogP) is 1.73. The molecule has 1 aliphatic heterocycles. The molecule has 1 aliphatic rings. The number of fused-ring (bicyclic) bond motifs is 1. The molecular formula is C15H13BrN4O5S. The van der Waals surface area contributed by atoms with Gasteiger partial charge in [0, 0.05) is 26.2 Å². The summed E-state index contributed by atoms with van der Waals surface area (Å²) < 4.78 is 37.6. The second-order valence-corrected chi connectivity index (χ2v) is 8.38. The van der Waals surface area contributed by atoms with E-state index >= 15 is 0 Å². The molecule has 4 rings (SSSR count). The van der Waals surface area contributed by atoms with Crippen molar-refractivity contribution in [3.05, 3.63) is 40.8 Å². The van der Waals surface area contributed by atoms with Gasteiger partial charge in [0.25, 0.3) is 5.91 Å². The van der Waals surface area contributed by atoms with Crippen molar-refractivity contribution in [3.8, 4) is 0 Å². The lowest BCUT2D eigenvalue weighted by Crippen LogP contribution is -2.50. The van der Waals surface area contributed by atoms with Crippen LogP contribution in [0.1, 0.15) is 10.6 Å². The van der Waals surface area contributed by atoms with Crippen LogP contribution in [-0.4, -0.2) is 60.0 Å². The van der Waals surface area contributed by atoms with E-state index in [2.05, 4.69) is 30.9 Å². The molecule has 0 atom stereocenters. The molecular weight excluding hydrogens is 428 g/mol. The van der Waals surface area contributed by atoms with Crippen LogP contribution < -0.4 is 0 Å². The minimum Gasteiger partial charge on any atom is -0.444 e. The van der Waals surface area contributed by atoms with E-state index in [-0.39, 0.29) is 48.3 Å². The number of nitrogens with zero attached hydrogens (tertiary/aromatic N) is 4. The van der Waals surface area contributed by atoms with Gasteiger partial charge in [-0.1, -0.05) is 6.07 Å². The maximum atomic E-state index is 12.9. The Morgan fingerprint density at radius 3 is 2.54 bits per heavy atom. The van der Waals surface area contributed by atoms with Crippen molar-refractivity contribution in [3.63, 3.8) is 0 Å². The SMILES string of the molecule is O=C(c1ccc(Br)o1)N1CCN(S(=O)(=O)c2cccc3nonc23)CC1. The molecule has 1 amide bonds. The van der Waals surface area contributed by atoms with Crippen LogP contribution in [0, 0.1) is 0 Å². The Labute approximate surface area is 156 Å². The monoisotopic (exact) mass is 440 g/mol. The largest absolute Gasteiger partial charge is 0.444 e. The smallest absolute Gasteiger partial charge is 0.289 e. The Balaban J connectivity index is 1.52. The first-order chi connectivity index (χ1) is 12.5. The molecule has 0 aliphatic carbocycles. The summed E-state index contributed by atoms with van der Waals surface area (Å²) in [6.45, 7) is 0.891. The number of carbonyl (C=O) groups excluding carboxylic acids is 1. The van der Waals surface area contributed by atoms with Crippen LogP contribution in [0.2, 0.25) is 0 Å². The Morgan fingerprint density at radius 1 is 1.08 bits per heavy atom. The van der Waals surface area contributed by atoms with E-state index in [4.69, 9.17) is 4.42 Å². The number of sulfonamides is 1. The lowest BCUT2D eigenvalue weighted by atomic mass is 10.3. The fourth-order valence-electron chi connectivity index (χ4n) is 2.85. The molecule has 0 radical (unpaired) electrons. The maximum Gasteiger partial charge on any atom is 0.289 e. The van der Waals surface area contributed by atoms with Crippen LogP contribution >= 0.6 is 15.9 Å². The summed E-state index contributed by atoms with van der Waals surface area (Å²) in [4.78, 5) is 14.0.